The van der Waals surface area contributed by atoms with Gasteiger partial charge in [-0.05, 0) is 49.1 Å². The zero-order chi connectivity index (χ0) is 16.8. The summed E-state index contributed by atoms with van der Waals surface area (Å²) in [5, 5.41) is 15.5. The van der Waals surface area contributed by atoms with Crippen molar-refractivity contribution < 1.29 is 0 Å². The fourth-order valence-corrected chi connectivity index (χ4v) is 3.25. The molecule has 2 rings (SSSR count). The number of aromatic nitrogens is 2. The number of nitrogens with one attached hydrogen (secondary N) is 2. The molecule has 1 atom stereocenters. The number of aliphatic imine (C=N–C) groups is 1. The second-order valence-electron chi connectivity index (χ2n) is 5.81. The molecule has 2 aromatic heterocycles. The van der Waals surface area contributed by atoms with E-state index in [2.05, 4.69) is 53.3 Å². The summed E-state index contributed by atoms with van der Waals surface area (Å²) in [7, 11) is 1.97. The molecule has 23 heavy (non-hydrogen) atoms. The van der Waals surface area contributed by atoms with Crippen molar-refractivity contribution in [3.05, 3.63) is 39.3 Å². The van der Waals surface area contributed by atoms with Crippen LogP contribution in [0.1, 0.15) is 42.3 Å². The van der Waals surface area contributed by atoms with Crippen molar-refractivity contribution in [2.24, 2.45) is 12.0 Å². The highest BCUT2D eigenvalue weighted by atomic mass is 32.1. The number of thiophene rings is 1. The Bertz CT molecular complexity index is 642. The molecule has 0 spiro atoms. The molecule has 2 N–H and O–H groups in total. The Balaban J connectivity index is 1.99. The molecule has 0 amide bonds. The van der Waals surface area contributed by atoms with Crippen LogP contribution in [0.3, 0.4) is 0 Å². The van der Waals surface area contributed by atoms with E-state index in [1.165, 1.54) is 16.8 Å². The van der Waals surface area contributed by atoms with Gasteiger partial charge in [0.05, 0.1) is 12.2 Å². The normalized spacial score (nSPS) is 13.2. The number of rotatable bonds is 6. The first-order chi connectivity index (χ1) is 11.0. The molecule has 0 fully saturated rings. The third-order valence-electron chi connectivity index (χ3n) is 4.09. The number of nitrogens with zero attached hydrogens (tertiary/aromatic N) is 3. The number of hydrogen-bond donors (Lipinski definition) is 2. The van der Waals surface area contributed by atoms with E-state index in [9.17, 15) is 0 Å². The summed E-state index contributed by atoms with van der Waals surface area (Å²) in [4.78, 5) is 4.72. The van der Waals surface area contributed by atoms with Gasteiger partial charge in [-0.2, -0.15) is 16.4 Å². The molecule has 0 aromatic carbocycles. The summed E-state index contributed by atoms with van der Waals surface area (Å²) >= 11 is 1.74. The predicted octanol–water partition coefficient (Wildman–Crippen LogP) is 2.96. The molecule has 0 bridgehead atoms. The molecular formula is C17H27N5S. The average molecular weight is 334 g/mol. The molecule has 0 saturated carbocycles. The first kappa shape index (κ1) is 17.5. The van der Waals surface area contributed by atoms with Crippen LogP contribution in [-0.4, -0.2) is 28.8 Å². The van der Waals surface area contributed by atoms with E-state index in [-0.39, 0.29) is 0 Å². The maximum atomic E-state index is 4.72. The summed E-state index contributed by atoms with van der Waals surface area (Å²) in [6, 6.07) is 2.18. The molecule has 5 nitrogen and oxygen atoms in total. The van der Waals surface area contributed by atoms with Gasteiger partial charge in [0.15, 0.2) is 5.96 Å². The van der Waals surface area contributed by atoms with Crippen LogP contribution < -0.4 is 10.6 Å². The molecule has 0 radical (unpaired) electrons. The van der Waals surface area contributed by atoms with Crippen LogP contribution in [0.5, 0.6) is 0 Å². The van der Waals surface area contributed by atoms with Crippen LogP contribution >= 0.6 is 11.3 Å². The second-order valence-corrected chi connectivity index (χ2v) is 6.59. The summed E-state index contributed by atoms with van der Waals surface area (Å²) in [5.41, 5.74) is 4.80. The van der Waals surface area contributed by atoms with Gasteiger partial charge in [0, 0.05) is 31.4 Å². The highest BCUT2D eigenvalue weighted by molar-refractivity contribution is 7.07. The molecule has 0 aliphatic rings. The van der Waals surface area contributed by atoms with Crippen molar-refractivity contribution >= 4 is 17.3 Å². The fraction of sp³-hybridized carbons (Fsp3) is 0.529. The summed E-state index contributed by atoms with van der Waals surface area (Å²) in [6.45, 7) is 10.8. The van der Waals surface area contributed by atoms with E-state index in [1.54, 1.807) is 11.3 Å². The highest BCUT2D eigenvalue weighted by Gasteiger charge is 2.10. The van der Waals surface area contributed by atoms with Crippen molar-refractivity contribution in [1.82, 2.24) is 20.4 Å². The topological polar surface area (TPSA) is 54.2 Å². The lowest BCUT2D eigenvalue weighted by Crippen LogP contribution is -2.39. The second kappa shape index (κ2) is 8.15. The quantitative estimate of drug-likeness (QED) is 0.631. The lowest BCUT2D eigenvalue weighted by atomic mass is 10.1. The zero-order valence-electron chi connectivity index (χ0n) is 14.7. The summed E-state index contributed by atoms with van der Waals surface area (Å²) in [6.07, 6.45) is 0. The van der Waals surface area contributed by atoms with Crippen molar-refractivity contribution in [1.29, 1.82) is 0 Å². The third-order valence-corrected chi connectivity index (χ3v) is 4.79. The van der Waals surface area contributed by atoms with Gasteiger partial charge in [-0.1, -0.05) is 6.92 Å². The van der Waals surface area contributed by atoms with Crippen LogP contribution in [-0.2, 0) is 13.6 Å². The van der Waals surface area contributed by atoms with Gasteiger partial charge in [0.2, 0.25) is 0 Å². The van der Waals surface area contributed by atoms with Crippen LogP contribution in [0, 0.1) is 13.8 Å². The number of hydrogen-bond acceptors (Lipinski definition) is 3. The van der Waals surface area contributed by atoms with Gasteiger partial charge < -0.3 is 10.6 Å². The van der Waals surface area contributed by atoms with Crippen LogP contribution in [0.4, 0.5) is 0 Å². The lowest BCUT2D eigenvalue weighted by molar-refractivity contribution is 0.701. The van der Waals surface area contributed by atoms with Crippen LogP contribution in [0.25, 0.3) is 0 Å². The van der Waals surface area contributed by atoms with E-state index in [0.29, 0.717) is 12.5 Å². The average Bonchev–Trinajstić information content (AvgIpc) is 3.13. The van der Waals surface area contributed by atoms with Crippen molar-refractivity contribution in [3.8, 4) is 0 Å². The lowest BCUT2D eigenvalue weighted by Gasteiger charge is -2.15. The molecule has 2 heterocycles. The van der Waals surface area contributed by atoms with Gasteiger partial charge in [0.1, 0.15) is 0 Å². The minimum absolute atomic E-state index is 0.465. The van der Waals surface area contributed by atoms with Gasteiger partial charge in [-0.15, -0.1) is 0 Å². The van der Waals surface area contributed by atoms with E-state index in [1.807, 2.05) is 18.7 Å². The van der Waals surface area contributed by atoms with Crippen LogP contribution in [0.15, 0.2) is 21.8 Å². The van der Waals surface area contributed by atoms with Crippen molar-refractivity contribution in [2.75, 3.05) is 13.1 Å². The Morgan fingerprint density at radius 3 is 2.74 bits per heavy atom. The maximum Gasteiger partial charge on any atom is 0.191 e. The van der Waals surface area contributed by atoms with E-state index < -0.39 is 0 Å². The van der Waals surface area contributed by atoms with Gasteiger partial charge in [-0.25, -0.2) is 4.99 Å². The maximum absolute atomic E-state index is 4.72. The molecule has 2 aromatic rings. The molecule has 6 heteroatoms. The molecule has 126 valence electrons. The largest absolute Gasteiger partial charge is 0.357 e. The van der Waals surface area contributed by atoms with Gasteiger partial charge in [0.25, 0.3) is 0 Å². The summed E-state index contributed by atoms with van der Waals surface area (Å²) in [5.74, 6) is 1.32. The Labute approximate surface area is 142 Å². The minimum Gasteiger partial charge on any atom is -0.357 e. The Morgan fingerprint density at radius 1 is 1.39 bits per heavy atom. The summed E-state index contributed by atoms with van der Waals surface area (Å²) < 4.78 is 1.92. The molecule has 0 aliphatic carbocycles. The SMILES string of the molecule is CCNC(=NCc1c(C)nn(C)c1C)NCC(C)c1ccsc1. The predicted molar refractivity (Wildman–Crippen MR) is 98.2 cm³/mol. The van der Waals surface area contributed by atoms with Gasteiger partial charge in [-0.3, -0.25) is 4.68 Å². The van der Waals surface area contributed by atoms with E-state index in [0.717, 1.165) is 24.7 Å². The van der Waals surface area contributed by atoms with Crippen molar-refractivity contribution in [3.63, 3.8) is 0 Å². The monoisotopic (exact) mass is 333 g/mol. The molecule has 1 unspecified atom stereocenters. The smallest absolute Gasteiger partial charge is 0.191 e. The molecule has 0 aliphatic heterocycles. The first-order valence-electron chi connectivity index (χ1n) is 8.06. The standard InChI is InChI=1S/C17H27N5S/c1-6-18-17(19-9-12(2)15-7-8-23-11-15)20-10-16-13(3)21-22(5)14(16)4/h7-8,11-12H,6,9-10H2,1-5H3,(H2,18,19,20). The first-order valence-corrected chi connectivity index (χ1v) is 9.00. The Kier molecular flexibility index (Phi) is 6.21. The Morgan fingerprint density at radius 2 is 2.17 bits per heavy atom. The van der Waals surface area contributed by atoms with Crippen molar-refractivity contribution in [2.45, 2.75) is 40.2 Å². The van der Waals surface area contributed by atoms with Gasteiger partial charge >= 0.3 is 0 Å². The zero-order valence-corrected chi connectivity index (χ0v) is 15.5. The number of guanidine groups is 1. The molecular weight excluding hydrogens is 306 g/mol. The van der Waals surface area contributed by atoms with E-state index in [4.69, 9.17) is 4.99 Å². The highest BCUT2D eigenvalue weighted by Crippen LogP contribution is 2.17. The number of aryl methyl sites for hydroxylation is 2. The Hall–Kier alpha value is -1.82. The van der Waals surface area contributed by atoms with E-state index >= 15 is 0 Å². The minimum atomic E-state index is 0.465. The molecule has 0 saturated heterocycles. The van der Waals surface area contributed by atoms with Crippen LogP contribution in [0.2, 0.25) is 0 Å². The third kappa shape index (κ3) is 4.58. The fourth-order valence-electron chi connectivity index (χ4n) is 2.47.